The lowest BCUT2D eigenvalue weighted by Gasteiger charge is -2.19. The standard InChI is InChI=1S/C15H24N4O/c1-6-11-9-12(19(5)18-11)13-10-16-14(20-13)7-8-17-15(2,3)4/h9-10,17H,6-8H2,1-5H3. The third kappa shape index (κ3) is 3.70. The number of nitrogens with zero attached hydrogens (tertiary/aromatic N) is 3. The van der Waals surface area contributed by atoms with Gasteiger partial charge in [0.15, 0.2) is 11.7 Å². The highest BCUT2D eigenvalue weighted by molar-refractivity contribution is 5.51. The largest absolute Gasteiger partial charge is 0.439 e. The van der Waals surface area contributed by atoms with Crippen molar-refractivity contribution >= 4 is 0 Å². The van der Waals surface area contributed by atoms with E-state index >= 15 is 0 Å². The summed E-state index contributed by atoms with van der Waals surface area (Å²) in [4.78, 5) is 4.34. The molecule has 0 saturated heterocycles. The number of aromatic nitrogens is 3. The third-order valence-electron chi connectivity index (χ3n) is 3.09. The fraction of sp³-hybridized carbons (Fsp3) is 0.600. The second kappa shape index (κ2) is 5.79. The fourth-order valence-electron chi connectivity index (χ4n) is 2.02. The van der Waals surface area contributed by atoms with E-state index in [2.05, 4.69) is 49.2 Å². The first kappa shape index (κ1) is 14.8. The Bertz CT molecular complexity index is 563. The molecule has 0 aliphatic rings. The zero-order valence-corrected chi connectivity index (χ0v) is 13.0. The number of rotatable bonds is 5. The summed E-state index contributed by atoms with van der Waals surface area (Å²) in [6.45, 7) is 9.40. The van der Waals surface area contributed by atoms with E-state index in [4.69, 9.17) is 4.42 Å². The van der Waals surface area contributed by atoms with Gasteiger partial charge in [0.05, 0.1) is 11.9 Å². The number of hydrogen-bond donors (Lipinski definition) is 1. The Balaban J connectivity index is 2.03. The molecule has 0 bridgehead atoms. The van der Waals surface area contributed by atoms with Gasteiger partial charge in [0, 0.05) is 25.6 Å². The number of aryl methyl sites for hydroxylation is 2. The van der Waals surface area contributed by atoms with E-state index in [1.165, 1.54) is 0 Å². The molecule has 0 aliphatic heterocycles. The summed E-state index contributed by atoms with van der Waals surface area (Å²) in [5, 5.41) is 7.85. The van der Waals surface area contributed by atoms with Gasteiger partial charge in [-0.3, -0.25) is 4.68 Å². The monoisotopic (exact) mass is 276 g/mol. The number of oxazole rings is 1. The highest BCUT2D eigenvalue weighted by atomic mass is 16.4. The Morgan fingerprint density at radius 3 is 2.70 bits per heavy atom. The summed E-state index contributed by atoms with van der Waals surface area (Å²) >= 11 is 0. The van der Waals surface area contributed by atoms with Gasteiger partial charge in [-0.25, -0.2) is 4.98 Å². The Labute approximate surface area is 120 Å². The Morgan fingerprint density at radius 2 is 2.10 bits per heavy atom. The topological polar surface area (TPSA) is 55.9 Å². The minimum Gasteiger partial charge on any atom is -0.439 e. The van der Waals surface area contributed by atoms with Gasteiger partial charge in [0.2, 0.25) is 0 Å². The first-order valence-electron chi connectivity index (χ1n) is 7.12. The van der Waals surface area contributed by atoms with Crippen LogP contribution in [-0.4, -0.2) is 26.8 Å². The second-order valence-corrected chi connectivity index (χ2v) is 6.04. The lowest BCUT2D eigenvalue weighted by Crippen LogP contribution is -2.37. The SMILES string of the molecule is CCc1cc(-c2cnc(CCNC(C)(C)C)o2)n(C)n1. The molecule has 2 heterocycles. The molecule has 2 aromatic rings. The maximum absolute atomic E-state index is 5.81. The van der Waals surface area contributed by atoms with Gasteiger partial charge in [0.1, 0.15) is 5.69 Å². The third-order valence-corrected chi connectivity index (χ3v) is 3.09. The molecular formula is C15H24N4O. The molecular weight excluding hydrogens is 252 g/mol. The van der Waals surface area contributed by atoms with Crippen LogP contribution in [0.2, 0.25) is 0 Å². The van der Waals surface area contributed by atoms with E-state index in [0.29, 0.717) is 0 Å². The first-order chi connectivity index (χ1) is 9.39. The highest BCUT2D eigenvalue weighted by Gasteiger charge is 2.13. The van der Waals surface area contributed by atoms with Crippen molar-refractivity contribution in [1.29, 1.82) is 0 Å². The van der Waals surface area contributed by atoms with Crippen LogP contribution in [0.15, 0.2) is 16.7 Å². The van der Waals surface area contributed by atoms with Crippen LogP contribution in [-0.2, 0) is 19.9 Å². The molecule has 0 aromatic carbocycles. The van der Waals surface area contributed by atoms with Crippen LogP contribution in [0.5, 0.6) is 0 Å². The molecule has 1 N–H and O–H groups in total. The second-order valence-electron chi connectivity index (χ2n) is 6.04. The average molecular weight is 276 g/mol. The Morgan fingerprint density at radius 1 is 1.35 bits per heavy atom. The van der Waals surface area contributed by atoms with E-state index in [1.807, 2.05) is 11.7 Å². The molecule has 5 nitrogen and oxygen atoms in total. The van der Waals surface area contributed by atoms with Crippen LogP contribution >= 0.6 is 0 Å². The van der Waals surface area contributed by atoms with Crippen molar-refractivity contribution in [1.82, 2.24) is 20.1 Å². The van der Waals surface area contributed by atoms with Gasteiger partial charge in [-0.05, 0) is 33.3 Å². The summed E-state index contributed by atoms with van der Waals surface area (Å²) in [7, 11) is 1.93. The fourth-order valence-corrected chi connectivity index (χ4v) is 2.02. The molecule has 0 fully saturated rings. The summed E-state index contributed by atoms with van der Waals surface area (Å²) in [6.07, 6.45) is 3.49. The van der Waals surface area contributed by atoms with Crippen molar-refractivity contribution in [2.24, 2.45) is 7.05 Å². The quantitative estimate of drug-likeness (QED) is 0.912. The first-order valence-corrected chi connectivity index (χ1v) is 7.12. The molecule has 0 amide bonds. The molecule has 0 atom stereocenters. The van der Waals surface area contributed by atoms with Gasteiger partial charge in [-0.15, -0.1) is 0 Å². The molecule has 110 valence electrons. The molecule has 2 rings (SSSR count). The number of nitrogens with one attached hydrogen (secondary N) is 1. The van der Waals surface area contributed by atoms with Gasteiger partial charge in [-0.2, -0.15) is 5.10 Å². The van der Waals surface area contributed by atoms with Crippen molar-refractivity contribution in [2.45, 2.75) is 46.1 Å². The maximum Gasteiger partial charge on any atom is 0.196 e. The van der Waals surface area contributed by atoms with E-state index in [9.17, 15) is 0 Å². The molecule has 0 aliphatic carbocycles. The van der Waals surface area contributed by atoms with Crippen LogP contribution in [0.1, 0.15) is 39.3 Å². The summed E-state index contributed by atoms with van der Waals surface area (Å²) < 4.78 is 7.65. The van der Waals surface area contributed by atoms with Crippen molar-refractivity contribution in [2.75, 3.05) is 6.54 Å². The lowest BCUT2D eigenvalue weighted by molar-refractivity contribution is 0.411. The van der Waals surface area contributed by atoms with Gasteiger partial charge in [-0.1, -0.05) is 6.92 Å². The summed E-state index contributed by atoms with van der Waals surface area (Å²) in [5.41, 5.74) is 2.16. The zero-order chi connectivity index (χ0) is 14.8. The normalized spacial score (nSPS) is 12.1. The smallest absolute Gasteiger partial charge is 0.196 e. The van der Waals surface area contributed by atoms with E-state index < -0.39 is 0 Å². The van der Waals surface area contributed by atoms with Crippen LogP contribution in [0.4, 0.5) is 0 Å². The van der Waals surface area contributed by atoms with E-state index in [0.717, 1.165) is 42.4 Å². The number of hydrogen-bond acceptors (Lipinski definition) is 4. The van der Waals surface area contributed by atoms with Crippen LogP contribution in [0, 0.1) is 0 Å². The molecule has 20 heavy (non-hydrogen) atoms. The van der Waals surface area contributed by atoms with Crippen molar-refractivity contribution in [3.63, 3.8) is 0 Å². The molecule has 0 unspecified atom stereocenters. The predicted molar refractivity (Wildman–Crippen MR) is 79.5 cm³/mol. The average Bonchev–Trinajstić information content (AvgIpc) is 2.94. The van der Waals surface area contributed by atoms with Crippen LogP contribution in [0.3, 0.4) is 0 Å². The Hall–Kier alpha value is -1.62. The van der Waals surface area contributed by atoms with Crippen molar-refractivity contribution in [3.8, 4) is 11.5 Å². The van der Waals surface area contributed by atoms with Gasteiger partial charge >= 0.3 is 0 Å². The van der Waals surface area contributed by atoms with Gasteiger partial charge < -0.3 is 9.73 Å². The predicted octanol–water partition coefficient (Wildman–Crippen LogP) is 2.57. The molecule has 0 radical (unpaired) electrons. The molecule has 2 aromatic heterocycles. The zero-order valence-electron chi connectivity index (χ0n) is 13.0. The van der Waals surface area contributed by atoms with Gasteiger partial charge in [0.25, 0.3) is 0 Å². The van der Waals surface area contributed by atoms with Crippen LogP contribution in [0.25, 0.3) is 11.5 Å². The minimum absolute atomic E-state index is 0.119. The molecule has 0 spiro atoms. The van der Waals surface area contributed by atoms with Crippen molar-refractivity contribution in [3.05, 3.63) is 23.8 Å². The van der Waals surface area contributed by atoms with E-state index in [-0.39, 0.29) is 5.54 Å². The minimum atomic E-state index is 0.119. The summed E-state index contributed by atoms with van der Waals surface area (Å²) in [6, 6.07) is 2.05. The van der Waals surface area contributed by atoms with Crippen molar-refractivity contribution < 1.29 is 4.42 Å². The highest BCUT2D eigenvalue weighted by Crippen LogP contribution is 2.21. The maximum atomic E-state index is 5.81. The van der Waals surface area contributed by atoms with E-state index in [1.54, 1.807) is 6.20 Å². The summed E-state index contributed by atoms with van der Waals surface area (Å²) in [5.74, 6) is 1.54. The van der Waals surface area contributed by atoms with Crippen LogP contribution < -0.4 is 5.32 Å². The Kier molecular flexibility index (Phi) is 4.28. The molecule has 5 heteroatoms. The lowest BCUT2D eigenvalue weighted by atomic mass is 10.1. The molecule has 0 saturated carbocycles.